The van der Waals surface area contributed by atoms with E-state index in [0.717, 1.165) is 0 Å². The van der Waals surface area contributed by atoms with Crippen LogP contribution in [-0.4, -0.2) is 17.6 Å². The van der Waals surface area contributed by atoms with Crippen molar-refractivity contribution in [1.29, 1.82) is 0 Å². The van der Waals surface area contributed by atoms with E-state index in [1.165, 1.54) is 5.56 Å². The normalized spacial score (nSPS) is 12.3. The van der Waals surface area contributed by atoms with E-state index in [2.05, 4.69) is 26.1 Å². The van der Waals surface area contributed by atoms with Gasteiger partial charge in [0, 0.05) is 16.3 Å². The molecule has 0 radical (unpaired) electrons. The maximum atomic E-state index is 12.5. The van der Waals surface area contributed by atoms with E-state index in [-0.39, 0.29) is 17.9 Å². The predicted octanol–water partition coefficient (Wildman–Crippen LogP) is 5.74. The van der Waals surface area contributed by atoms with Gasteiger partial charge in [0.05, 0.1) is 0 Å². The summed E-state index contributed by atoms with van der Waals surface area (Å²) < 4.78 is 5.62. The number of rotatable bonds is 6. The van der Waals surface area contributed by atoms with E-state index in [1.807, 2.05) is 54.6 Å². The minimum Gasteiger partial charge on any atom is -0.484 e. The summed E-state index contributed by atoms with van der Waals surface area (Å²) in [5.74, 6) is 0.303. The molecule has 0 saturated heterocycles. The molecule has 1 atom stereocenters. The molecule has 3 aromatic rings. The van der Waals surface area contributed by atoms with Crippen molar-refractivity contribution in [3.8, 4) is 5.75 Å². The average Bonchev–Trinajstić information content (AvgIpc) is 2.73. The molecule has 0 spiro atoms. The molecule has 3 rings (SSSR count). The SMILES string of the molecule is CC(C)(C)c1ccc(OCC(=O)Nc2ccc(Cl)cc2C(O)c2ccccc2)cc1. The van der Waals surface area contributed by atoms with E-state index in [0.29, 0.717) is 27.6 Å². The number of amides is 1. The third-order valence-electron chi connectivity index (χ3n) is 4.79. The Kier molecular flexibility index (Phi) is 6.80. The Morgan fingerprint density at radius 2 is 1.70 bits per heavy atom. The molecule has 0 saturated carbocycles. The molecule has 0 fully saturated rings. The number of aliphatic hydroxyl groups excluding tert-OH is 1. The van der Waals surface area contributed by atoms with Crippen molar-refractivity contribution in [2.45, 2.75) is 32.3 Å². The average molecular weight is 424 g/mol. The van der Waals surface area contributed by atoms with Crippen molar-refractivity contribution in [2.24, 2.45) is 0 Å². The number of hydrogen-bond acceptors (Lipinski definition) is 3. The lowest BCUT2D eigenvalue weighted by atomic mass is 9.87. The van der Waals surface area contributed by atoms with Crippen molar-refractivity contribution in [2.75, 3.05) is 11.9 Å². The minimum atomic E-state index is -0.911. The van der Waals surface area contributed by atoms with Crippen molar-refractivity contribution >= 4 is 23.2 Å². The van der Waals surface area contributed by atoms with Crippen LogP contribution in [0.15, 0.2) is 72.8 Å². The Morgan fingerprint density at radius 1 is 1.03 bits per heavy atom. The predicted molar refractivity (Wildman–Crippen MR) is 121 cm³/mol. The fourth-order valence-electron chi connectivity index (χ4n) is 3.07. The van der Waals surface area contributed by atoms with Crippen LogP contribution >= 0.6 is 11.6 Å². The topological polar surface area (TPSA) is 58.6 Å². The van der Waals surface area contributed by atoms with Crippen molar-refractivity contribution in [3.05, 3.63) is 94.5 Å². The van der Waals surface area contributed by atoms with Crippen LogP contribution in [0, 0.1) is 0 Å². The zero-order valence-corrected chi connectivity index (χ0v) is 18.1. The summed E-state index contributed by atoms with van der Waals surface area (Å²) in [6.45, 7) is 6.29. The van der Waals surface area contributed by atoms with Gasteiger partial charge in [0.1, 0.15) is 11.9 Å². The highest BCUT2D eigenvalue weighted by atomic mass is 35.5. The van der Waals surface area contributed by atoms with Gasteiger partial charge in [-0.2, -0.15) is 0 Å². The molecule has 0 aliphatic rings. The molecule has 0 aliphatic heterocycles. The molecule has 30 heavy (non-hydrogen) atoms. The van der Waals surface area contributed by atoms with Crippen molar-refractivity contribution < 1.29 is 14.6 Å². The highest BCUT2D eigenvalue weighted by Gasteiger charge is 2.17. The van der Waals surface area contributed by atoms with Gasteiger partial charge < -0.3 is 15.2 Å². The summed E-state index contributed by atoms with van der Waals surface area (Å²) in [5.41, 5.74) is 2.98. The molecule has 0 bridgehead atoms. The number of carbonyl (C=O) groups is 1. The number of ether oxygens (including phenoxy) is 1. The lowest BCUT2D eigenvalue weighted by Crippen LogP contribution is -2.21. The maximum Gasteiger partial charge on any atom is 0.262 e. The smallest absolute Gasteiger partial charge is 0.262 e. The van der Waals surface area contributed by atoms with Crippen LogP contribution in [0.5, 0.6) is 5.75 Å². The summed E-state index contributed by atoms with van der Waals surface area (Å²) in [7, 11) is 0. The van der Waals surface area contributed by atoms with Gasteiger partial charge in [-0.1, -0.05) is 74.8 Å². The van der Waals surface area contributed by atoms with Crippen molar-refractivity contribution in [1.82, 2.24) is 0 Å². The van der Waals surface area contributed by atoms with Gasteiger partial charge in [0.2, 0.25) is 0 Å². The number of hydrogen-bond donors (Lipinski definition) is 2. The second-order valence-corrected chi connectivity index (χ2v) is 8.59. The number of nitrogens with one attached hydrogen (secondary N) is 1. The number of anilines is 1. The number of halogens is 1. The van der Waals surface area contributed by atoms with Gasteiger partial charge in [-0.15, -0.1) is 0 Å². The molecule has 0 aromatic heterocycles. The van der Waals surface area contributed by atoms with Gasteiger partial charge in [-0.3, -0.25) is 4.79 Å². The quantitative estimate of drug-likeness (QED) is 0.531. The highest BCUT2D eigenvalue weighted by molar-refractivity contribution is 6.30. The highest BCUT2D eigenvalue weighted by Crippen LogP contribution is 2.31. The molecule has 5 heteroatoms. The van der Waals surface area contributed by atoms with Crippen LogP contribution in [-0.2, 0) is 10.2 Å². The Morgan fingerprint density at radius 3 is 2.33 bits per heavy atom. The maximum absolute atomic E-state index is 12.5. The van der Waals surface area contributed by atoms with Gasteiger partial charge in [0.15, 0.2) is 6.61 Å². The van der Waals surface area contributed by atoms with E-state index < -0.39 is 6.10 Å². The molecule has 156 valence electrons. The standard InChI is InChI=1S/C25H26ClNO3/c1-25(2,3)18-9-12-20(13-10-18)30-16-23(28)27-22-14-11-19(26)15-21(22)24(29)17-7-5-4-6-8-17/h4-15,24,29H,16H2,1-3H3,(H,27,28). The van der Waals surface area contributed by atoms with Gasteiger partial charge >= 0.3 is 0 Å². The lowest BCUT2D eigenvalue weighted by Gasteiger charge is -2.19. The van der Waals surface area contributed by atoms with Crippen LogP contribution in [0.2, 0.25) is 5.02 Å². The largest absolute Gasteiger partial charge is 0.484 e. The third kappa shape index (κ3) is 5.62. The molecular weight excluding hydrogens is 398 g/mol. The second kappa shape index (κ2) is 9.33. The Bertz CT molecular complexity index is 995. The van der Waals surface area contributed by atoms with Crippen LogP contribution in [0.1, 0.15) is 43.6 Å². The first kappa shape index (κ1) is 21.9. The fraction of sp³-hybridized carbons (Fsp3) is 0.240. The molecule has 0 aliphatic carbocycles. The number of carbonyl (C=O) groups excluding carboxylic acids is 1. The Balaban J connectivity index is 1.68. The lowest BCUT2D eigenvalue weighted by molar-refractivity contribution is -0.118. The summed E-state index contributed by atoms with van der Waals surface area (Å²) >= 11 is 6.12. The summed E-state index contributed by atoms with van der Waals surface area (Å²) in [4.78, 5) is 12.5. The Hall–Kier alpha value is -2.82. The zero-order valence-electron chi connectivity index (χ0n) is 17.4. The summed E-state index contributed by atoms with van der Waals surface area (Å²) in [5, 5.41) is 14.1. The fourth-order valence-corrected chi connectivity index (χ4v) is 3.26. The van der Waals surface area contributed by atoms with E-state index in [9.17, 15) is 9.90 Å². The third-order valence-corrected chi connectivity index (χ3v) is 5.02. The molecular formula is C25H26ClNO3. The second-order valence-electron chi connectivity index (χ2n) is 8.16. The van der Waals surface area contributed by atoms with Crippen LogP contribution in [0.25, 0.3) is 0 Å². The molecule has 3 aromatic carbocycles. The zero-order chi connectivity index (χ0) is 21.7. The minimum absolute atomic E-state index is 0.0560. The van der Waals surface area contributed by atoms with Crippen LogP contribution < -0.4 is 10.1 Å². The van der Waals surface area contributed by atoms with Crippen LogP contribution in [0.4, 0.5) is 5.69 Å². The molecule has 0 heterocycles. The van der Waals surface area contributed by atoms with E-state index >= 15 is 0 Å². The molecule has 1 amide bonds. The van der Waals surface area contributed by atoms with Crippen molar-refractivity contribution in [3.63, 3.8) is 0 Å². The first-order valence-corrected chi connectivity index (χ1v) is 10.2. The Labute approximate surface area is 182 Å². The van der Waals surface area contributed by atoms with Gasteiger partial charge in [0.25, 0.3) is 5.91 Å². The van der Waals surface area contributed by atoms with E-state index in [4.69, 9.17) is 16.3 Å². The monoisotopic (exact) mass is 423 g/mol. The van der Waals surface area contributed by atoms with Gasteiger partial charge in [-0.05, 0) is 46.9 Å². The first-order chi connectivity index (χ1) is 14.2. The molecule has 2 N–H and O–H groups in total. The summed E-state index contributed by atoms with van der Waals surface area (Å²) in [6.07, 6.45) is -0.911. The number of aliphatic hydroxyl groups is 1. The molecule has 1 unspecified atom stereocenters. The summed E-state index contributed by atoms with van der Waals surface area (Å²) in [6, 6.07) is 21.9. The first-order valence-electron chi connectivity index (χ1n) is 9.80. The van der Waals surface area contributed by atoms with Gasteiger partial charge in [-0.25, -0.2) is 0 Å². The number of benzene rings is 3. The van der Waals surface area contributed by atoms with Crippen LogP contribution in [0.3, 0.4) is 0 Å². The molecule has 4 nitrogen and oxygen atoms in total. The van der Waals surface area contributed by atoms with E-state index in [1.54, 1.807) is 18.2 Å².